The highest BCUT2D eigenvalue weighted by atomic mass is 16.3. The van der Waals surface area contributed by atoms with Crippen LogP contribution in [0.2, 0.25) is 0 Å². The van der Waals surface area contributed by atoms with Crippen LogP contribution in [0.15, 0.2) is 138 Å². The number of furan rings is 1. The van der Waals surface area contributed by atoms with E-state index in [4.69, 9.17) is 4.42 Å². The van der Waals surface area contributed by atoms with Crippen molar-refractivity contribution in [3.8, 4) is 22.5 Å². The number of fused-ring (bicyclic) bond motifs is 11. The van der Waals surface area contributed by atoms with E-state index in [2.05, 4.69) is 198 Å². The summed E-state index contributed by atoms with van der Waals surface area (Å²) < 4.78 is 11.8. The number of hydrogen-bond donors (Lipinski definition) is 0. The Bertz CT molecular complexity index is 3450. The Morgan fingerprint density at radius 1 is 0.407 bits per heavy atom. The van der Waals surface area contributed by atoms with Gasteiger partial charge in [-0.1, -0.05) is 134 Å². The highest BCUT2D eigenvalue weighted by Crippen LogP contribution is 2.53. The van der Waals surface area contributed by atoms with Crippen LogP contribution in [0.4, 0.5) is 0 Å². The summed E-state index contributed by atoms with van der Waals surface area (Å²) in [6.07, 6.45) is 2.27. The summed E-state index contributed by atoms with van der Waals surface area (Å²) in [5.74, 6) is 0. The molecule has 3 heterocycles. The van der Waals surface area contributed by atoms with Crippen LogP contribution in [0, 0.1) is 0 Å². The Hall–Kier alpha value is -6.06. The van der Waals surface area contributed by atoms with E-state index in [1.54, 1.807) is 0 Å². The van der Waals surface area contributed by atoms with E-state index in [1.807, 2.05) is 0 Å². The highest BCUT2D eigenvalue weighted by molar-refractivity contribution is 6.21. The zero-order chi connectivity index (χ0) is 40.4. The molecule has 0 fully saturated rings. The predicted octanol–water partition coefficient (Wildman–Crippen LogP) is 15.4. The minimum absolute atomic E-state index is 0.0858. The fourth-order valence-electron chi connectivity index (χ4n) is 12.6. The summed E-state index contributed by atoms with van der Waals surface area (Å²) >= 11 is 0. The Morgan fingerprint density at radius 3 is 1.75 bits per heavy atom. The molecule has 0 aliphatic heterocycles. The Balaban J connectivity index is 1.17. The standard InChI is InChI=1S/C56H50N2O/c1-53(2)31-54(3,4)41-28-33(26-27-40(41)53)57-45-22-12-10-17-38(45)51-46(57)23-15-24-47(51)58-44-21-11-9-16-34(44)36-19-13-20-37(52(36)58)35-18-14-25-48-50(35)39-29-42-43(30-49(39)59-48)56(7,8)32-55(42,5)6/h9-30H,31-32H2,1-8H3. The second kappa shape index (κ2) is 11.4. The zero-order valence-electron chi connectivity index (χ0n) is 35.4. The Labute approximate surface area is 345 Å². The number of para-hydroxylation sites is 3. The molecule has 0 saturated heterocycles. The SMILES string of the molecule is CC1(C)CC(C)(C)c2cc(-n3c4ccccc4c4c(-n5c6ccccc6c6cccc(-c7cccc8oc9cc%10c(cc9c78)C(C)(C)CC%10(C)C)c65)cccc43)ccc21. The third kappa shape index (κ3) is 4.65. The van der Waals surface area contributed by atoms with Gasteiger partial charge in [-0.3, -0.25) is 0 Å². The number of hydrogen-bond acceptors (Lipinski definition) is 1. The molecule has 0 N–H and O–H groups in total. The normalized spacial score (nSPS) is 17.6. The van der Waals surface area contributed by atoms with Gasteiger partial charge in [-0.2, -0.15) is 0 Å². The predicted molar refractivity (Wildman–Crippen MR) is 249 cm³/mol. The maximum absolute atomic E-state index is 6.78. The minimum atomic E-state index is 0.0858. The third-order valence-electron chi connectivity index (χ3n) is 14.5. The van der Waals surface area contributed by atoms with E-state index in [0.29, 0.717) is 0 Å². The fourth-order valence-corrected chi connectivity index (χ4v) is 12.6. The Kier molecular flexibility index (Phi) is 6.72. The molecule has 2 aliphatic rings. The molecule has 0 bridgehead atoms. The average Bonchev–Trinajstić information content (AvgIpc) is 3.94. The second-order valence-electron chi connectivity index (χ2n) is 20.4. The molecule has 3 nitrogen and oxygen atoms in total. The molecular weight excluding hydrogens is 717 g/mol. The summed E-state index contributed by atoms with van der Waals surface area (Å²) in [5.41, 5.74) is 17.8. The number of nitrogens with zero attached hydrogens (tertiary/aromatic N) is 2. The molecule has 0 radical (unpaired) electrons. The van der Waals surface area contributed by atoms with E-state index in [-0.39, 0.29) is 21.7 Å². The molecule has 3 aromatic heterocycles. The maximum Gasteiger partial charge on any atom is 0.136 e. The third-order valence-corrected chi connectivity index (χ3v) is 14.5. The second-order valence-corrected chi connectivity index (χ2v) is 20.4. The molecule has 0 atom stereocenters. The van der Waals surface area contributed by atoms with Gasteiger partial charge in [-0.15, -0.1) is 0 Å². The van der Waals surface area contributed by atoms with Crippen LogP contribution >= 0.6 is 0 Å². The molecule has 0 spiro atoms. The lowest BCUT2D eigenvalue weighted by molar-refractivity contribution is 0.402. The first kappa shape index (κ1) is 34.9. The van der Waals surface area contributed by atoms with Crippen LogP contribution in [0.1, 0.15) is 90.5 Å². The van der Waals surface area contributed by atoms with Gasteiger partial charge in [0.1, 0.15) is 11.2 Å². The maximum atomic E-state index is 6.78. The van der Waals surface area contributed by atoms with Crippen LogP contribution in [0.3, 0.4) is 0 Å². The van der Waals surface area contributed by atoms with Gasteiger partial charge in [0, 0.05) is 43.6 Å². The van der Waals surface area contributed by atoms with Gasteiger partial charge in [0.05, 0.1) is 27.8 Å². The van der Waals surface area contributed by atoms with Crippen molar-refractivity contribution in [1.29, 1.82) is 0 Å². The van der Waals surface area contributed by atoms with Crippen LogP contribution < -0.4 is 0 Å². The summed E-state index contributed by atoms with van der Waals surface area (Å²) in [5, 5.41) is 7.39. The van der Waals surface area contributed by atoms with Gasteiger partial charge < -0.3 is 13.6 Å². The van der Waals surface area contributed by atoms with Crippen LogP contribution in [-0.2, 0) is 21.7 Å². The van der Waals surface area contributed by atoms with Crippen molar-refractivity contribution in [2.75, 3.05) is 0 Å². The van der Waals surface area contributed by atoms with Gasteiger partial charge >= 0.3 is 0 Å². The van der Waals surface area contributed by atoms with Crippen molar-refractivity contribution in [3.63, 3.8) is 0 Å². The average molecular weight is 767 g/mol. The van der Waals surface area contributed by atoms with Gasteiger partial charge in [0.25, 0.3) is 0 Å². The van der Waals surface area contributed by atoms with Crippen molar-refractivity contribution in [1.82, 2.24) is 9.13 Å². The first-order valence-corrected chi connectivity index (χ1v) is 21.4. The quantitative estimate of drug-likeness (QED) is 0.176. The fraction of sp³-hybridized carbons (Fsp3) is 0.250. The van der Waals surface area contributed by atoms with Crippen molar-refractivity contribution in [2.24, 2.45) is 0 Å². The molecule has 59 heavy (non-hydrogen) atoms. The van der Waals surface area contributed by atoms with E-state index in [0.717, 1.165) is 24.0 Å². The van der Waals surface area contributed by atoms with E-state index in [9.17, 15) is 0 Å². The molecule has 0 amide bonds. The van der Waals surface area contributed by atoms with Crippen LogP contribution in [0.5, 0.6) is 0 Å². The van der Waals surface area contributed by atoms with E-state index < -0.39 is 0 Å². The zero-order valence-corrected chi connectivity index (χ0v) is 35.4. The number of aromatic nitrogens is 2. The topological polar surface area (TPSA) is 23.0 Å². The summed E-state index contributed by atoms with van der Waals surface area (Å²) in [6.45, 7) is 19.2. The van der Waals surface area contributed by atoms with Crippen molar-refractivity contribution >= 4 is 65.6 Å². The molecule has 0 saturated carbocycles. The van der Waals surface area contributed by atoms with Gasteiger partial charge in [-0.25, -0.2) is 0 Å². The summed E-state index contributed by atoms with van der Waals surface area (Å²) in [4.78, 5) is 0. The van der Waals surface area contributed by atoms with Gasteiger partial charge in [0.2, 0.25) is 0 Å². The molecular formula is C56H50N2O. The number of rotatable bonds is 3. The lowest BCUT2D eigenvalue weighted by atomic mass is 9.82. The molecule has 10 aromatic rings. The van der Waals surface area contributed by atoms with Crippen LogP contribution in [-0.4, -0.2) is 9.13 Å². The molecule has 3 heteroatoms. The first-order valence-electron chi connectivity index (χ1n) is 21.4. The number of benzene rings is 7. The molecule has 7 aromatic carbocycles. The molecule has 290 valence electrons. The van der Waals surface area contributed by atoms with Crippen molar-refractivity contribution in [2.45, 2.75) is 89.9 Å². The van der Waals surface area contributed by atoms with Crippen molar-refractivity contribution < 1.29 is 4.42 Å². The summed E-state index contributed by atoms with van der Waals surface area (Å²) in [7, 11) is 0. The lowest BCUT2D eigenvalue weighted by Crippen LogP contribution is -2.18. The smallest absolute Gasteiger partial charge is 0.136 e. The molecule has 2 aliphatic carbocycles. The largest absolute Gasteiger partial charge is 0.456 e. The van der Waals surface area contributed by atoms with E-state index in [1.165, 1.54) is 99.1 Å². The van der Waals surface area contributed by atoms with Crippen molar-refractivity contribution in [3.05, 3.63) is 156 Å². The van der Waals surface area contributed by atoms with Gasteiger partial charge in [-0.05, 0) is 117 Å². The highest BCUT2D eigenvalue weighted by Gasteiger charge is 2.43. The molecule has 0 unspecified atom stereocenters. The monoisotopic (exact) mass is 766 g/mol. The first-order chi connectivity index (χ1) is 28.2. The Morgan fingerprint density at radius 2 is 0.983 bits per heavy atom. The summed E-state index contributed by atoms with van der Waals surface area (Å²) in [6, 6.07) is 50.4. The molecule has 12 rings (SSSR count). The minimum Gasteiger partial charge on any atom is -0.456 e. The van der Waals surface area contributed by atoms with E-state index >= 15 is 0 Å². The van der Waals surface area contributed by atoms with Crippen LogP contribution in [0.25, 0.3) is 88.1 Å². The van der Waals surface area contributed by atoms with Gasteiger partial charge in [0.15, 0.2) is 0 Å². The lowest BCUT2D eigenvalue weighted by Gasteiger charge is -2.22.